The first-order chi connectivity index (χ1) is 11.5. The quantitative estimate of drug-likeness (QED) is 0.669. The van der Waals surface area contributed by atoms with E-state index in [0.717, 1.165) is 5.56 Å². The molecule has 0 spiro atoms. The smallest absolute Gasteiger partial charge is 0.179 e. The Morgan fingerprint density at radius 1 is 0.917 bits per heavy atom. The van der Waals surface area contributed by atoms with Crippen LogP contribution in [0.1, 0.15) is 5.56 Å². The minimum atomic E-state index is 0.273. The van der Waals surface area contributed by atoms with Crippen molar-refractivity contribution in [3.8, 4) is 17.2 Å². The lowest BCUT2D eigenvalue weighted by molar-refractivity contribution is 0.211. The minimum Gasteiger partial charge on any atom is -0.493 e. The number of rotatable bonds is 8. The highest BCUT2D eigenvalue weighted by atomic mass is 35.5. The molecule has 4 nitrogen and oxygen atoms in total. The molecule has 24 heavy (non-hydrogen) atoms. The molecule has 0 aliphatic rings. The molecular weight excluding hydrogens is 373 g/mol. The largest absolute Gasteiger partial charge is 0.493 e. The van der Waals surface area contributed by atoms with Gasteiger partial charge < -0.3 is 19.9 Å². The summed E-state index contributed by atoms with van der Waals surface area (Å²) >= 11 is 18.2. The van der Waals surface area contributed by atoms with Gasteiger partial charge in [-0.25, -0.2) is 0 Å². The standard InChI is InChI=1S/C17H18Cl3NO3/c1-22-16-9-11(4-5-21)8-14(20)17(16)24-7-6-23-15-10-12(18)2-3-13(15)19/h2-3,8-10H,4-7,21H2,1H3. The third kappa shape index (κ3) is 5.08. The average molecular weight is 391 g/mol. The normalized spacial score (nSPS) is 10.5. The van der Waals surface area contributed by atoms with Crippen molar-refractivity contribution in [2.24, 2.45) is 5.73 Å². The molecule has 0 aliphatic carbocycles. The predicted octanol–water partition coefficient (Wildman–Crippen LogP) is 4.61. The number of halogens is 3. The Hall–Kier alpha value is -1.33. The number of hydrogen-bond acceptors (Lipinski definition) is 4. The highest BCUT2D eigenvalue weighted by molar-refractivity contribution is 6.34. The first kappa shape index (κ1) is 19.0. The summed E-state index contributed by atoms with van der Waals surface area (Å²) in [6.07, 6.45) is 0.715. The molecule has 0 saturated carbocycles. The fourth-order valence-electron chi connectivity index (χ4n) is 2.11. The molecule has 2 aromatic carbocycles. The molecule has 0 bridgehead atoms. The molecule has 0 saturated heterocycles. The van der Waals surface area contributed by atoms with E-state index < -0.39 is 0 Å². The van der Waals surface area contributed by atoms with E-state index in [1.54, 1.807) is 25.3 Å². The van der Waals surface area contributed by atoms with Crippen LogP contribution < -0.4 is 19.9 Å². The van der Waals surface area contributed by atoms with Gasteiger partial charge in [-0.3, -0.25) is 0 Å². The second kappa shape index (κ2) is 9.23. The van der Waals surface area contributed by atoms with Gasteiger partial charge in [-0.05, 0) is 42.8 Å². The molecule has 2 rings (SSSR count). The Morgan fingerprint density at radius 2 is 1.67 bits per heavy atom. The highest BCUT2D eigenvalue weighted by Crippen LogP contribution is 2.36. The Labute approximate surface area is 156 Å². The lowest BCUT2D eigenvalue weighted by Gasteiger charge is -2.15. The molecule has 0 atom stereocenters. The molecule has 2 N–H and O–H groups in total. The van der Waals surface area contributed by atoms with Gasteiger partial charge in [0.25, 0.3) is 0 Å². The Bertz CT molecular complexity index is 695. The van der Waals surface area contributed by atoms with E-state index in [1.165, 1.54) is 0 Å². The first-order valence-electron chi connectivity index (χ1n) is 7.32. The van der Waals surface area contributed by atoms with E-state index in [1.807, 2.05) is 12.1 Å². The molecule has 0 heterocycles. The molecule has 2 aromatic rings. The molecule has 130 valence electrons. The lowest BCUT2D eigenvalue weighted by Crippen LogP contribution is -2.10. The van der Waals surface area contributed by atoms with E-state index in [0.29, 0.717) is 45.3 Å². The van der Waals surface area contributed by atoms with Crippen LogP contribution in [0.15, 0.2) is 30.3 Å². The molecule has 0 unspecified atom stereocenters. The Morgan fingerprint density at radius 3 is 2.38 bits per heavy atom. The summed E-state index contributed by atoms with van der Waals surface area (Å²) in [7, 11) is 1.56. The van der Waals surface area contributed by atoms with Crippen LogP contribution in [-0.4, -0.2) is 26.9 Å². The molecule has 0 aromatic heterocycles. The second-order valence-electron chi connectivity index (χ2n) is 4.92. The van der Waals surface area contributed by atoms with Crippen molar-refractivity contribution in [1.82, 2.24) is 0 Å². The molecule has 7 heteroatoms. The van der Waals surface area contributed by atoms with Crippen LogP contribution >= 0.6 is 34.8 Å². The van der Waals surface area contributed by atoms with Gasteiger partial charge in [-0.1, -0.05) is 34.8 Å². The van der Waals surface area contributed by atoms with Crippen molar-refractivity contribution in [2.45, 2.75) is 6.42 Å². The van der Waals surface area contributed by atoms with Gasteiger partial charge in [0.05, 0.1) is 17.2 Å². The van der Waals surface area contributed by atoms with Gasteiger partial charge in [0.2, 0.25) is 0 Å². The Balaban J connectivity index is 1.97. The number of hydrogen-bond donors (Lipinski definition) is 1. The number of ether oxygens (including phenoxy) is 3. The molecule has 0 amide bonds. The molecular formula is C17H18Cl3NO3. The average Bonchev–Trinajstić information content (AvgIpc) is 2.56. The number of benzene rings is 2. The lowest BCUT2D eigenvalue weighted by atomic mass is 10.1. The van der Waals surface area contributed by atoms with Gasteiger partial charge in [0.15, 0.2) is 11.5 Å². The van der Waals surface area contributed by atoms with E-state index in [9.17, 15) is 0 Å². The van der Waals surface area contributed by atoms with Crippen LogP contribution in [0.4, 0.5) is 0 Å². The van der Waals surface area contributed by atoms with Gasteiger partial charge in [0.1, 0.15) is 19.0 Å². The zero-order chi connectivity index (χ0) is 17.5. The predicted molar refractivity (Wildman–Crippen MR) is 98.2 cm³/mol. The first-order valence-corrected chi connectivity index (χ1v) is 8.45. The van der Waals surface area contributed by atoms with Crippen molar-refractivity contribution < 1.29 is 14.2 Å². The molecule has 0 fully saturated rings. The summed E-state index contributed by atoms with van der Waals surface area (Å²) in [6.45, 7) is 1.09. The van der Waals surface area contributed by atoms with Crippen molar-refractivity contribution in [3.63, 3.8) is 0 Å². The zero-order valence-corrected chi connectivity index (χ0v) is 15.4. The van der Waals surface area contributed by atoms with Gasteiger partial charge in [-0.15, -0.1) is 0 Å². The summed E-state index contributed by atoms with van der Waals surface area (Å²) in [5, 5.41) is 1.51. The summed E-state index contributed by atoms with van der Waals surface area (Å²) in [6, 6.07) is 8.71. The third-order valence-electron chi connectivity index (χ3n) is 3.20. The van der Waals surface area contributed by atoms with E-state index in [-0.39, 0.29) is 13.2 Å². The van der Waals surface area contributed by atoms with Crippen LogP contribution in [-0.2, 0) is 6.42 Å². The minimum absolute atomic E-state index is 0.273. The Kier molecular flexibility index (Phi) is 7.31. The van der Waals surface area contributed by atoms with Crippen LogP contribution in [0, 0.1) is 0 Å². The monoisotopic (exact) mass is 389 g/mol. The van der Waals surface area contributed by atoms with Crippen molar-refractivity contribution in [1.29, 1.82) is 0 Å². The van der Waals surface area contributed by atoms with Crippen LogP contribution in [0.2, 0.25) is 15.1 Å². The second-order valence-corrected chi connectivity index (χ2v) is 6.17. The summed E-state index contributed by atoms with van der Waals surface area (Å²) in [5.41, 5.74) is 6.56. The maximum absolute atomic E-state index is 6.27. The summed E-state index contributed by atoms with van der Waals surface area (Å²) in [4.78, 5) is 0. The van der Waals surface area contributed by atoms with Crippen molar-refractivity contribution >= 4 is 34.8 Å². The maximum Gasteiger partial charge on any atom is 0.179 e. The van der Waals surface area contributed by atoms with Crippen LogP contribution in [0.5, 0.6) is 17.2 Å². The number of methoxy groups -OCH3 is 1. The van der Waals surface area contributed by atoms with Gasteiger partial charge in [-0.2, -0.15) is 0 Å². The third-order valence-corrected chi connectivity index (χ3v) is 4.03. The van der Waals surface area contributed by atoms with Crippen LogP contribution in [0.25, 0.3) is 0 Å². The van der Waals surface area contributed by atoms with E-state index >= 15 is 0 Å². The topological polar surface area (TPSA) is 53.7 Å². The van der Waals surface area contributed by atoms with E-state index in [2.05, 4.69) is 0 Å². The zero-order valence-electron chi connectivity index (χ0n) is 13.2. The SMILES string of the molecule is COc1cc(CCN)cc(Cl)c1OCCOc1cc(Cl)ccc1Cl. The van der Waals surface area contributed by atoms with Gasteiger partial charge >= 0.3 is 0 Å². The van der Waals surface area contributed by atoms with Gasteiger partial charge in [0, 0.05) is 11.1 Å². The maximum atomic E-state index is 6.27. The summed E-state index contributed by atoms with van der Waals surface area (Å²) < 4.78 is 16.6. The fraction of sp³-hybridized carbons (Fsp3) is 0.294. The summed E-state index contributed by atoms with van der Waals surface area (Å²) in [5.74, 6) is 1.54. The van der Waals surface area contributed by atoms with Crippen LogP contribution in [0.3, 0.4) is 0 Å². The molecule has 0 radical (unpaired) electrons. The van der Waals surface area contributed by atoms with E-state index in [4.69, 9.17) is 54.7 Å². The number of nitrogens with two attached hydrogens (primary N) is 1. The van der Waals surface area contributed by atoms with Crippen molar-refractivity contribution in [2.75, 3.05) is 26.9 Å². The fourth-order valence-corrected chi connectivity index (χ4v) is 2.73. The molecule has 0 aliphatic heterocycles. The van der Waals surface area contributed by atoms with Crippen molar-refractivity contribution in [3.05, 3.63) is 51.0 Å². The highest BCUT2D eigenvalue weighted by Gasteiger charge is 2.12.